The van der Waals surface area contributed by atoms with Crippen molar-refractivity contribution in [2.75, 3.05) is 10.6 Å². The lowest BCUT2D eigenvalue weighted by Gasteiger charge is -2.09. The second-order valence-corrected chi connectivity index (χ2v) is 6.22. The number of fused-ring (bicyclic) bond motifs is 1. The number of benzene rings is 2. The average molecular weight is 393 g/mol. The van der Waals surface area contributed by atoms with E-state index >= 15 is 0 Å². The molecule has 0 unspecified atom stereocenters. The Bertz CT molecular complexity index is 1010. The van der Waals surface area contributed by atoms with Gasteiger partial charge in [-0.3, -0.25) is 4.98 Å². The lowest BCUT2D eigenvalue weighted by molar-refractivity contribution is 0.982. The predicted octanol–water partition coefficient (Wildman–Crippen LogP) is 4.67. The number of halogens is 1. The van der Waals surface area contributed by atoms with Crippen LogP contribution in [0.4, 0.5) is 23.1 Å². The lowest BCUT2D eigenvalue weighted by Crippen LogP contribution is -2.02. The quantitative estimate of drug-likeness (QED) is 0.525. The molecule has 0 fully saturated rings. The van der Waals surface area contributed by atoms with Crippen LogP contribution < -0.4 is 10.6 Å². The Kier molecular flexibility index (Phi) is 4.22. The zero-order valence-electron chi connectivity index (χ0n) is 13.0. The van der Waals surface area contributed by atoms with Crippen molar-refractivity contribution in [1.29, 1.82) is 0 Å². The number of nitrogens with zero attached hydrogens (tertiary/aromatic N) is 4. The molecule has 0 radical (unpaired) electrons. The monoisotopic (exact) mass is 392 g/mol. The van der Waals surface area contributed by atoms with E-state index in [9.17, 15) is 0 Å². The smallest absolute Gasteiger partial charge is 0.249 e. The van der Waals surface area contributed by atoms with Crippen molar-refractivity contribution in [3.8, 4) is 0 Å². The molecule has 0 bridgehead atoms. The van der Waals surface area contributed by atoms with Gasteiger partial charge in [0.2, 0.25) is 5.95 Å². The maximum absolute atomic E-state index is 4.46. The van der Waals surface area contributed by atoms with Crippen LogP contribution in [0.15, 0.2) is 71.5 Å². The number of anilines is 4. The summed E-state index contributed by atoms with van der Waals surface area (Å²) >= 11 is 3.41. The van der Waals surface area contributed by atoms with Crippen LogP contribution in [0, 0.1) is 0 Å². The highest BCUT2D eigenvalue weighted by atomic mass is 79.9. The largest absolute Gasteiger partial charge is 0.337 e. The fourth-order valence-corrected chi connectivity index (χ4v) is 2.69. The molecule has 2 aromatic heterocycles. The first kappa shape index (κ1) is 15.5. The topological polar surface area (TPSA) is 75.6 Å². The van der Waals surface area contributed by atoms with Gasteiger partial charge in [0.15, 0.2) is 5.82 Å². The molecule has 0 saturated heterocycles. The Balaban J connectivity index is 1.60. The van der Waals surface area contributed by atoms with Crippen LogP contribution in [0.2, 0.25) is 0 Å². The van der Waals surface area contributed by atoms with E-state index in [1.54, 1.807) is 12.4 Å². The average Bonchev–Trinajstić information content (AvgIpc) is 2.64. The molecule has 0 aliphatic heterocycles. The van der Waals surface area contributed by atoms with E-state index in [0.717, 1.165) is 26.8 Å². The lowest BCUT2D eigenvalue weighted by atomic mass is 10.2. The van der Waals surface area contributed by atoms with E-state index < -0.39 is 0 Å². The zero-order chi connectivity index (χ0) is 17.1. The van der Waals surface area contributed by atoms with Crippen LogP contribution in [0.25, 0.3) is 10.9 Å². The minimum absolute atomic E-state index is 0.417. The molecule has 0 aliphatic carbocycles. The molecule has 0 amide bonds. The fourth-order valence-electron chi connectivity index (χ4n) is 2.42. The molecule has 4 aromatic rings. The first-order valence-corrected chi connectivity index (χ1v) is 8.40. The van der Waals surface area contributed by atoms with E-state index in [-0.39, 0.29) is 0 Å². The second-order valence-electron chi connectivity index (χ2n) is 5.30. The summed E-state index contributed by atoms with van der Waals surface area (Å²) in [6.45, 7) is 0. The molecule has 25 heavy (non-hydrogen) atoms. The second kappa shape index (κ2) is 6.82. The van der Waals surface area contributed by atoms with Gasteiger partial charge in [0.1, 0.15) is 0 Å². The Morgan fingerprint density at radius 3 is 2.60 bits per heavy atom. The molecule has 0 saturated carbocycles. The van der Waals surface area contributed by atoms with E-state index in [2.05, 4.69) is 46.7 Å². The highest BCUT2D eigenvalue weighted by molar-refractivity contribution is 9.10. The summed E-state index contributed by atoms with van der Waals surface area (Å²) in [4.78, 5) is 8.89. The Labute approximate surface area is 152 Å². The van der Waals surface area contributed by atoms with Crippen molar-refractivity contribution in [2.24, 2.45) is 0 Å². The van der Waals surface area contributed by atoms with Crippen LogP contribution in [0.5, 0.6) is 0 Å². The summed E-state index contributed by atoms with van der Waals surface area (Å²) in [5, 5.41) is 15.5. The molecule has 122 valence electrons. The van der Waals surface area contributed by atoms with E-state index in [1.165, 1.54) is 0 Å². The van der Waals surface area contributed by atoms with Crippen molar-refractivity contribution >= 4 is 50.0 Å². The van der Waals surface area contributed by atoms with Crippen LogP contribution in [0.1, 0.15) is 0 Å². The first-order chi connectivity index (χ1) is 12.3. The highest BCUT2D eigenvalue weighted by Gasteiger charge is 2.05. The van der Waals surface area contributed by atoms with Gasteiger partial charge in [-0.05, 0) is 36.4 Å². The third kappa shape index (κ3) is 3.56. The van der Waals surface area contributed by atoms with Gasteiger partial charge in [0.25, 0.3) is 0 Å². The van der Waals surface area contributed by atoms with E-state index in [4.69, 9.17) is 0 Å². The van der Waals surface area contributed by atoms with Crippen molar-refractivity contribution in [2.45, 2.75) is 0 Å². The van der Waals surface area contributed by atoms with Gasteiger partial charge in [-0.2, -0.15) is 10.1 Å². The Morgan fingerprint density at radius 1 is 0.880 bits per heavy atom. The molecule has 6 nitrogen and oxygen atoms in total. The highest BCUT2D eigenvalue weighted by Crippen LogP contribution is 2.24. The minimum Gasteiger partial charge on any atom is -0.337 e. The molecule has 4 rings (SSSR count). The van der Waals surface area contributed by atoms with Crippen molar-refractivity contribution in [3.05, 3.63) is 71.5 Å². The van der Waals surface area contributed by atoms with Gasteiger partial charge in [0, 0.05) is 21.7 Å². The normalized spacial score (nSPS) is 10.6. The number of nitrogens with one attached hydrogen (secondary N) is 2. The van der Waals surface area contributed by atoms with Crippen molar-refractivity contribution in [1.82, 2.24) is 20.2 Å². The fraction of sp³-hybridized carbons (Fsp3) is 0. The third-order valence-electron chi connectivity index (χ3n) is 3.55. The Morgan fingerprint density at radius 2 is 1.72 bits per heavy atom. The van der Waals surface area contributed by atoms with Gasteiger partial charge in [-0.25, -0.2) is 0 Å². The maximum Gasteiger partial charge on any atom is 0.249 e. The van der Waals surface area contributed by atoms with Crippen molar-refractivity contribution in [3.63, 3.8) is 0 Å². The van der Waals surface area contributed by atoms with Crippen LogP contribution >= 0.6 is 15.9 Å². The van der Waals surface area contributed by atoms with Gasteiger partial charge in [-0.15, -0.1) is 5.10 Å². The maximum atomic E-state index is 4.46. The summed E-state index contributed by atoms with van der Waals surface area (Å²) in [6.07, 6.45) is 3.35. The van der Waals surface area contributed by atoms with E-state index in [0.29, 0.717) is 11.8 Å². The molecule has 0 spiro atoms. The number of aromatic nitrogens is 4. The number of hydrogen-bond acceptors (Lipinski definition) is 6. The number of rotatable bonds is 4. The van der Waals surface area contributed by atoms with Gasteiger partial charge < -0.3 is 10.6 Å². The summed E-state index contributed by atoms with van der Waals surface area (Å²) in [5.74, 6) is 1.01. The number of para-hydroxylation sites is 1. The van der Waals surface area contributed by atoms with Crippen LogP contribution in [0.3, 0.4) is 0 Å². The molecule has 2 N–H and O–H groups in total. The van der Waals surface area contributed by atoms with Gasteiger partial charge >= 0.3 is 0 Å². The molecule has 2 aromatic carbocycles. The number of pyridine rings is 1. The number of hydrogen-bond donors (Lipinski definition) is 2. The summed E-state index contributed by atoms with van der Waals surface area (Å²) < 4.78 is 1.01. The van der Waals surface area contributed by atoms with Crippen molar-refractivity contribution < 1.29 is 0 Å². The molecule has 7 heteroatoms. The molecular weight excluding hydrogens is 380 g/mol. The minimum atomic E-state index is 0.417. The molecule has 2 heterocycles. The standard InChI is InChI=1S/C18H13BrN6/c19-13-6-8-14(9-7-13)22-18-24-16(11-21-25-18)23-15-5-1-3-12-4-2-10-20-17(12)15/h1-11H,(H2,22,23,24,25). The summed E-state index contributed by atoms with van der Waals surface area (Å²) in [6, 6.07) is 17.6. The summed E-state index contributed by atoms with van der Waals surface area (Å²) in [5.41, 5.74) is 2.63. The third-order valence-corrected chi connectivity index (χ3v) is 4.08. The zero-order valence-corrected chi connectivity index (χ0v) is 14.6. The van der Waals surface area contributed by atoms with Crippen LogP contribution in [-0.2, 0) is 0 Å². The molecule has 0 atom stereocenters. The Hall–Kier alpha value is -3.06. The van der Waals surface area contributed by atoms with E-state index in [1.807, 2.05) is 54.6 Å². The van der Waals surface area contributed by atoms with Crippen LogP contribution in [-0.4, -0.2) is 20.2 Å². The first-order valence-electron chi connectivity index (χ1n) is 7.61. The predicted molar refractivity (Wildman–Crippen MR) is 102 cm³/mol. The molecule has 0 aliphatic rings. The van der Waals surface area contributed by atoms with Gasteiger partial charge in [-0.1, -0.05) is 34.1 Å². The van der Waals surface area contributed by atoms with Gasteiger partial charge in [0.05, 0.1) is 17.4 Å². The SMILES string of the molecule is Brc1ccc(Nc2nncc(Nc3cccc4cccnc34)n2)cc1. The molecular formula is C18H13BrN6. The summed E-state index contributed by atoms with van der Waals surface area (Å²) in [7, 11) is 0.